The molecule has 21 heavy (non-hydrogen) atoms. The highest BCUT2D eigenvalue weighted by Gasteiger charge is 2.36. The van der Waals surface area contributed by atoms with Crippen LogP contribution in [0.3, 0.4) is 0 Å². The summed E-state index contributed by atoms with van der Waals surface area (Å²) >= 11 is 3.29. The molecule has 1 heterocycles. The molecule has 2 N–H and O–H groups in total. The van der Waals surface area contributed by atoms with E-state index in [1.54, 1.807) is 12.3 Å². The van der Waals surface area contributed by atoms with Crippen molar-refractivity contribution in [3.63, 3.8) is 0 Å². The summed E-state index contributed by atoms with van der Waals surface area (Å²) in [6, 6.07) is 9.53. The fraction of sp³-hybridized carbons (Fsp3) is 0.250. The smallest absolute Gasteiger partial charge is 0.252 e. The normalized spacial score (nSPS) is 20.1. The van der Waals surface area contributed by atoms with Gasteiger partial charge in [0.25, 0.3) is 5.91 Å². The van der Waals surface area contributed by atoms with Crippen molar-refractivity contribution >= 4 is 21.8 Å². The Bertz CT molecular complexity index is 689. The molecular formula is C16H15BrN2O2. The van der Waals surface area contributed by atoms with Crippen molar-refractivity contribution in [3.05, 3.63) is 63.9 Å². The number of hydrogen-bond donors (Lipinski definition) is 2. The van der Waals surface area contributed by atoms with Crippen LogP contribution >= 0.6 is 15.9 Å². The molecular weight excluding hydrogens is 332 g/mol. The quantitative estimate of drug-likeness (QED) is 0.896. The lowest BCUT2D eigenvalue weighted by Gasteiger charge is -2.24. The average Bonchev–Trinajstić information content (AvgIpc) is 2.83. The number of nitrogens with zero attached hydrogens (tertiary/aromatic N) is 1. The lowest BCUT2D eigenvalue weighted by Crippen LogP contribution is -2.39. The van der Waals surface area contributed by atoms with Crippen LogP contribution in [0.1, 0.15) is 27.9 Å². The van der Waals surface area contributed by atoms with Gasteiger partial charge in [-0.15, -0.1) is 0 Å². The summed E-state index contributed by atoms with van der Waals surface area (Å²) in [4.78, 5) is 16.1. The number of pyridine rings is 1. The van der Waals surface area contributed by atoms with E-state index in [4.69, 9.17) is 0 Å². The highest BCUT2D eigenvalue weighted by Crippen LogP contribution is 2.36. The van der Waals surface area contributed by atoms with Crippen molar-refractivity contribution < 1.29 is 9.90 Å². The lowest BCUT2D eigenvalue weighted by atomic mass is 9.96. The first-order chi connectivity index (χ1) is 10.1. The van der Waals surface area contributed by atoms with Crippen molar-refractivity contribution in [3.8, 4) is 0 Å². The summed E-state index contributed by atoms with van der Waals surface area (Å²) in [6.45, 7) is 0.204. The fourth-order valence-corrected chi connectivity index (χ4v) is 3.08. The largest absolute Gasteiger partial charge is 0.383 e. The molecule has 0 unspecified atom stereocenters. The average molecular weight is 347 g/mol. The van der Waals surface area contributed by atoms with Crippen molar-refractivity contribution in [2.24, 2.45) is 0 Å². The SMILES string of the molecule is O=C(NC[C@@]1(O)CCc2ccccc21)c1cncc(Br)c1. The third-order valence-corrected chi connectivity index (χ3v) is 4.27. The van der Waals surface area contributed by atoms with Crippen LogP contribution in [0.5, 0.6) is 0 Å². The molecule has 108 valence electrons. The number of benzene rings is 1. The van der Waals surface area contributed by atoms with Crippen molar-refractivity contribution in [2.45, 2.75) is 18.4 Å². The minimum absolute atomic E-state index is 0.204. The second-order valence-electron chi connectivity index (χ2n) is 5.26. The van der Waals surface area contributed by atoms with Crippen molar-refractivity contribution in [1.29, 1.82) is 0 Å². The van der Waals surface area contributed by atoms with Gasteiger partial charge in [0, 0.05) is 16.9 Å². The Morgan fingerprint density at radius 2 is 2.19 bits per heavy atom. The number of aryl methyl sites for hydroxylation is 1. The summed E-state index contributed by atoms with van der Waals surface area (Å²) in [5, 5.41) is 13.6. The zero-order valence-electron chi connectivity index (χ0n) is 11.3. The molecule has 0 bridgehead atoms. The summed E-state index contributed by atoms with van der Waals surface area (Å²) in [7, 11) is 0. The van der Waals surface area contributed by atoms with E-state index in [1.165, 1.54) is 6.20 Å². The van der Waals surface area contributed by atoms with Gasteiger partial charge in [0.2, 0.25) is 0 Å². The first-order valence-electron chi connectivity index (χ1n) is 6.78. The van der Waals surface area contributed by atoms with E-state index in [0.717, 1.165) is 22.0 Å². The maximum atomic E-state index is 12.1. The Morgan fingerprint density at radius 3 is 3.00 bits per heavy atom. The molecule has 0 radical (unpaired) electrons. The fourth-order valence-electron chi connectivity index (χ4n) is 2.72. The van der Waals surface area contributed by atoms with Crippen LogP contribution in [0.25, 0.3) is 0 Å². The molecule has 0 spiro atoms. The van der Waals surface area contributed by atoms with Gasteiger partial charge in [-0.2, -0.15) is 0 Å². The van der Waals surface area contributed by atoms with E-state index in [9.17, 15) is 9.90 Å². The predicted octanol–water partition coefficient (Wildman–Crippen LogP) is 2.41. The molecule has 1 amide bonds. The minimum Gasteiger partial charge on any atom is -0.383 e. The Balaban J connectivity index is 1.72. The number of aliphatic hydroxyl groups is 1. The van der Waals surface area contributed by atoms with E-state index < -0.39 is 5.60 Å². The number of nitrogens with one attached hydrogen (secondary N) is 1. The first-order valence-corrected chi connectivity index (χ1v) is 7.57. The van der Waals surface area contributed by atoms with Gasteiger partial charge >= 0.3 is 0 Å². The molecule has 3 rings (SSSR count). The number of rotatable bonds is 3. The molecule has 0 saturated carbocycles. The van der Waals surface area contributed by atoms with Crippen LogP contribution in [0.15, 0.2) is 47.2 Å². The number of amides is 1. The summed E-state index contributed by atoms with van der Waals surface area (Å²) in [5.74, 6) is -0.235. The lowest BCUT2D eigenvalue weighted by molar-refractivity contribution is 0.0369. The van der Waals surface area contributed by atoms with Crippen molar-refractivity contribution in [2.75, 3.05) is 6.54 Å². The van der Waals surface area contributed by atoms with Gasteiger partial charge < -0.3 is 10.4 Å². The molecule has 0 saturated heterocycles. The Kier molecular flexibility index (Phi) is 3.78. The van der Waals surface area contributed by atoms with Crippen LogP contribution < -0.4 is 5.32 Å². The molecule has 1 aliphatic rings. The Hall–Kier alpha value is -1.72. The first kappa shape index (κ1) is 14.2. The summed E-state index contributed by atoms with van der Waals surface area (Å²) < 4.78 is 0.750. The second-order valence-corrected chi connectivity index (χ2v) is 6.18. The number of halogens is 1. The van der Waals surface area contributed by atoms with Crippen molar-refractivity contribution in [1.82, 2.24) is 10.3 Å². The number of carbonyl (C=O) groups excluding carboxylic acids is 1. The van der Waals surface area contributed by atoms with E-state index in [2.05, 4.69) is 26.2 Å². The number of carbonyl (C=O) groups is 1. The number of hydrogen-bond acceptors (Lipinski definition) is 3. The Labute approximate surface area is 131 Å². The molecule has 1 atom stereocenters. The standard InChI is InChI=1S/C16H15BrN2O2/c17-13-7-12(8-18-9-13)15(20)19-10-16(21)6-5-11-3-1-2-4-14(11)16/h1-4,7-9,21H,5-6,10H2,(H,19,20)/t16-/m0/s1. The monoisotopic (exact) mass is 346 g/mol. The second kappa shape index (κ2) is 5.58. The molecule has 5 heteroatoms. The van der Waals surface area contributed by atoms with Gasteiger partial charge in [-0.3, -0.25) is 9.78 Å². The van der Waals surface area contributed by atoms with E-state index in [0.29, 0.717) is 12.0 Å². The van der Waals surface area contributed by atoms with E-state index >= 15 is 0 Å². The van der Waals surface area contributed by atoms with Gasteiger partial charge in [0.1, 0.15) is 5.60 Å². The van der Waals surface area contributed by atoms with Crippen LogP contribution in [0, 0.1) is 0 Å². The molecule has 2 aromatic rings. The minimum atomic E-state index is -0.980. The third kappa shape index (κ3) is 2.84. The van der Waals surface area contributed by atoms with Crippen LogP contribution in [-0.4, -0.2) is 22.5 Å². The third-order valence-electron chi connectivity index (χ3n) is 3.84. The zero-order chi connectivity index (χ0) is 14.9. The van der Waals surface area contributed by atoms with Gasteiger partial charge in [0.15, 0.2) is 0 Å². The summed E-state index contributed by atoms with van der Waals surface area (Å²) in [5.41, 5.74) is 1.56. The zero-order valence-corrected chi connectivity index (χ0v) is 12.9. The van der Waals surface area contributed by atoms with Gasteiger partial charge in [-0.25, -0.2) is 0 Å². The molecule has 1 aliphatic carbocycles. The maximum Gasteiger partial charge on any atom is 0.252 e. The molecule has 1 aromatic heterocycles. The van der Waals surface area contributed by atoms with Crippen LogP contribution in [0.2, 0.25) is 0 Å². The van der Waals surface area contributed by atoms with Crippen LogP contribution in [-0.2, 0) is 12.0 Å². The van der Waals surface area contributed by atoms with E-state index in [1.807, 2.05) is 24.3 Å². The highest BCUT2D eigenvalue weighted by atomic mass is 79.9. The van der Waals surface area contributed by atoms with E-state index in [-0.39, 0.29) is 12.5 Å². The van der Waals surface area contributed by atoms with Gasteiger partial charge in [-0.1, -0.05) is 24.3 Å². The Morgan fingerprint density at radius 1 is 1.38 bits per heavy atom. The molecule has 4 nitrogen and oxygen atoms in total. The van der Waals surface area contributed by atoms with Gasteiger partial charge in [-0.05, 0) is 46.0 Å². The number of aromatic nitrogens is 1. The summed E-state index contributed by atoms with van der Waals surface area (Å²) in [6.07, 6.45) is 4.59. The molecule has 0 fully saturated rings. The number of fused-ring (bicyclic) bond motifs is 1. The topological polar surface area (TPSA) is 62.2 Å². The maximum absolute atomic E-state index is 12.1. The predicted molar refractivity (Wildman–Crippen MR) is 82.9 cm³/mol. The molecule has 0 aliphatic heterocycles. The highest BCUT2D eigenvalue weighted by molar-refractivity contribution is 9.10. The molecule has 1 aromatic carbocycles. The van der Waals surface area contributed by atoms with Crippen LogP contribution in [0.4, 0.5) is 0 Å². The van der Waals surface area contributed by atoms with Gasteiger partial charge in [0.05, 0.1) is 12.1 Å².